The summed E-state index contributed by atoms with van der Waals surface area (Å²) in [5.41, 5.74) is 8.55. The number of fused-ring (bicyclic) bond motifs is 1. The molecule has 4 rings (SSSR count). The zero-order valence-corrected chi connectivity index (χ0v) is 16.0. The lowest BCUT2D eigenvalue weighted by molar-refractivity contribution is -0.130. The van der Waals surface area contributed by atoms with Gasteiger partial charge in [0.05, 0.1) is 12.1 Å². The highest BCUT2D eigenvalue weighted by molar-refractivity contribution is 5.81. The van der Waals surface area contributed by atoms with Gasteiger partial charge in [0.1, 0.15) is 6.29 Å². The molecule has 3 aliphatic rings. The Balaban J connectivity index is 1.50. The van der Waals surface area contributed by atoms with E-state index in [0.29, 0.717) is 6.04 Å². The minimum absolute atomic E-state index is 0.0615. The minimum atomic E-state index is -0.155. The summed E-state index contributed by atoms with van der Waals surface area (Å²) in [5.74, 6) is -0.0541. The summed E-state index contributed by atoms with van der Waals surface area (Å²) in [6.07, 6.45) is 5.34. The van der Waals surface area contributed by atoms with E-state index in [2.05, 4.69) is 45.6 Å². The summed E-state index contributed by atoms with van der Waals surface area (Å²) < 4.78 is 0. The van der Waals surface area contributed by atoms with Crippen LogP contribution in [0.15, 0.2) is 24.3 Å². The Morgan fingerprint density at radius 3 is 2.81 bits per heavy atom. The molecule has 2 saturated heterocycles. The number of carbonyl (C=O) groups excluding carboxylic acids is 1. The number of anilines is 1. The second-order valence-electron chi connectivity index (χ2n) is 8.19. The number of hydrogen-bond donors (Lipinski definition) is 6. The number of nitrogens with one attached hydrogen (secondary N) is 5. The highest BCUT2D eigenvalue weighted by Crippen LogP contribution is 2.24. The first-order valence-electron chi connectivity index (χ1n) is 10.2. The largest absolute Gasteiger partial charge is 0.369 e. The number of aryl methyl sites for hydroxylation is 1. The number of piperidine rings is 1. The fraction of sp³-hybridized carbons (Fsp3) is 0.650. The molecule has 0 radical (unpaired) electrons. The lowest BCUT2D eigenvalue weighted by atomic mass is 9.87. The van der Waals surface area contributed by atoms with Crippen molar-refractivity contribution in [1.29, 1.82) is 0 Å². The van der Waals surface area contributed by atoms with Gasteiger partial charge in [-0.25, -0.2) is 0 Å². The maximum absolute atomic E-state index is 12.6. The van der Waals surface area contributed by atoms with E-state index >= 15 is 0 Å². The van der Waals surface area contributed by atoms with Gasteiger partial charge in [-0.3, -0.25) is 20.7 Å². The fourth-order valence-corrected chi connectivity index (χ4v) is 4.67. The second kappa shape index (κ2) is 8.14. The smallest absolute Gasteiger partial charge is 0.228 e. The maximum atomic E-state index is 12.6. The molecule has 7 nitrogen and oxygen atoms in total. The molecule has 27 heavy (non-hydrogen) atoms. The van der Waals surface area contributed by atoms with E-state index in [1.54, 1.807) is 0 Å². The molecule has 1 aliphatic carbocycles. The zero-order valence-electron chi connectivity index (χ0n) is 16.0. The van der Waals surface area contributed by atoms with Gasteiger partial charge in [0.25, 0.3) is 0 Å². The van der Waals surface area contributed by atoms with Gasteiger partial charge < -0.3 is 16.4 Å². The number of amides is 1. The molecule has 7 heteroatoms. The summed E-state index contributed by atoms with van der Waals surface area (Å²) >= 11 is 0. The van der Waals surface area contributed by atoms with Gasteiger partial charge in [-0.2, -0.15) is 0 Å². The van der Waals surface area contributed by atoms with Crippen molar-refractivity contribution >= 4 is 11.6 Å². The zero-order chi connectivity index (χ0) is 18.8. The molecule has 2 heterocycles. The van der Waals surface area contributed by atoms with Crippen LogP contribution in [0, 0.1) is 12.8 Å². The molecular weight excluding hydrogens is 340 g/mol. The first-order valence-corrected chi connectivity index (χ1v) is 10.2. The van der Waals surface area contributed by atoms with Crippen molar-refractivity contribution in [2.45, 2.75) is 69.6 Å². The van der Waals surface area contributed by atoms with Crippen LogP contribution in [0.5, 0.6) is 0 Å². The van der Waals surface area contributed by atoms with E-state index < -0.39 is 0 Å². The molecule has 1 saturated carbocycles. The van der Waals surface area contributed by atoms with Crippen LogP contribution < -0.4 is 32.3 Å². The van der Waals surface area contributed by atoms with Crippen LogP contribution in [-0.4, -0.2) is 43.0 Å². The summed E-state index contributed by atoms with van der Waals surface area (Å²) in [5, 5.41) is 17.4. The Kier molecular flexibility index (Phi) is 5.63. The normalized spacial score (nSPS) is 36.6. The summed E-state index contributed by atoms with van der Waals surface area (Å²) in [4.78, 5) is 12.6. The van der Waals surface area contributed by atoms with Crippen LogP contribution >= 0.6 is 0 Å². The Morgan fingerprint density at radius 1 is 1.15 bits per heavy atom. The van der Waals surface area contributed by atoms with Gasteiger partial charge in [0.2, 0.25) is 5.91 Å². The van der Waals surface area contributed by atoms with Crippen LogP contribution in [-0.2, 0) is 4.79 Å². The molecule has 3 fully saturated rings. The highest BCUT2D eigenvalue weighted by atomic mass is 16.2. The van der Waals surface area contributed by atoms with Crippen molar-refractivity contribution in [2.24, 2.45) is 11.7 Å². The minimum Gasteiger partial charge on any atom is -0.369 e. The Labute approximate surface area is 161 Å². The van der Waals surface area contributed by atoms with Crippen LogP contribution in [0.2, 0.25) is 0 Å². The molecule has 1 aromatic carbocycles. The first-order chi connectivity index (χ1) is 13.1. The molecule has 2 aliphatic heterocycles. The van der Waals surface area contributed by atoms with E-state index in [9.17, 15) is 4.79 Å². The van der Waals surface area contributed by atoms with Crippen LogP contribution in [0.4, 0.5) is 5.69 Å². The second-order valence-corrected chi connectivity index (χ2v) is 8.19. The van der Waals surface area contributed by atoms with E-state index in [-0.39, 0.29) is 36.4 Å². The average Bonchev–Trinajstić information content (AvgIpc) is 2.64. The van der Waals surface area contributed by atoms with Crippen molar-refractivity contribution in [1.82, 2.24) is 21.3 Å². The quantitative estimate of drug-likeness (QED) is 0.462. The molecule has 0 bridgehead atoms. The highest BCUT2D eigenvalue weighted by Gasteiger charge is 2.44. The van der Waals surface area contributed by atoms with Crippen molar-refractivity contribution in [3.63, 3.8) is 0 Å². The third-order valence-electron chi connectivity index (χ3n) is 6.12. The number of hydrogen-bond acceptors (Lipinski definition) is 6. The van der Waals surface area contributed by atoms with E-state index in [0.717, 1.165) is 31.5 Å². The van der Waals surface area contributed by atoms with Crippen molar-refractivity contribution < 1.29 is 4.79 Å². The molecular formula is C20H32N6O. The predicted molar refractivity (Wildman–Crippen MR) is 107 cm³/mol. The van der Waals surface area contributed by atoms with Gasteiger partial charge in [-0.05, 0) is 43.9 Å². The summed E-state index contributed by atoms with van der Waals surface area (Å²) in [7, 11) is 0. The van der Waals surface area contributed by atoms with Crippen LogP contribution in [0.3, 0.4) is 0 Å². The Bertz CT molecular complexity index is 668. The van der Waals surface area contributed by atoms with Crippen molar-refractivity contribution in [2.75, 3.05) is 11.9 Å². The van der Waals surface area contributed by atoms with Gasteiger partial charge in [-0.1, -0.05) is 25.0 Å². The topological polar surface area (TPSA) is 103 Å². The molecule has 1 amide bonds. The lowest BCUT2D eigenvalue weighted by Crippen LogP contribution is -2.75. The Morgan fingerprint density at radius 2 is 2.00 bits per heavy atom. The third-order valence-corrected chi connectivity index (χ3v) is 6.12. The lowest BCUT2D eigenvalue weighted by Gasteiger charge is -2.47. The number of benzene rings is 1. The number of nitrogens with two attached hydrogens (primary N) is 1. The predicted octanol–water partition coefficient (Wildman–Crippen LogP) is 0.574. The molecule has 148 valence electrons. The number of rotatable bonds is 4. The van der Waals surface area contributed by atoms with Crippen LogP contribution in [0.1, 0.15) is 37.7 Å². The van der Waals surface area contributed by atoms with Crippen molar-refractivity contribution in [3.8, 4) is 0 Å². The molecule has 6 atom stereocenters. The van der Waals surface area contributed by atoms with Gasteiger partial charge in [0.15, 0.2) is 0 Å². The van der Waals surface area contributed by atoms with Gasteiger partial charge in [-0.15, -0.1) is 0 Å². The summed E-state index contributed by atoms with van der Waals surface area (Å²) in [6.45, 7) is 2.80. The van der Waals surface area contributed by atoms with Gasteiger partial charge in [0, 0.05) is 30.4 Å². The van der Waals surface area contributed by atoms with E-state index in [1.165, 1.54) is 18.4 Å². The molecule has 7 N–H and O–H groups in total. The van der Waals surface area contributed by atoms with E-state index in [1.807, 2.05) is 12.1 Å². The van der Waals surface area contributed by atoms with Crippen LogP contribution in [0.25, 0.3) is 0 Å². The molecule has 4 unspecified atom stereocenters. The number of carbonyl (C=O) groups is 1. The molecule has 0 aromatic heterocycles. The fourth-order valence-electron chi connectivity index (χ4n) is 4.67. The standard InChI is InChI=1S/C20H32N6O/c1-12-5-4-6-13(11-12)23-18-17-16(9-10-22-19(17)27)25-20(26-18)24-15-8-3-2-7-14(15)21/h4-6,11,14-18,20,23-26H,2-3,7-10,21H2,1H3,(H,22,27)/t14-,15+,16?,17?,18?,20?/m0/s1. The molecule has 0 spiro atoms. The monoisotopic (exact) mass is 372 g/mol. The third kappa shape index (κ3) is 4.27. The first kappa shape index (κ1) is 18.7. The van der Waals surface area contributed by atoms with Gasteiger partial charge >= 0.3 is 0 Å². The van der Waals surface area contributed by atoms with Crippen molar-refractivity contribution in [3.05, 3.63) is 29.8 Å². The Hall–Kier alpha value is -1.67. The SMILES string of the molecule is Cc1cccc(NC2NC(N[C@@H]3CCCC[C@@H]3N)NC3CCNC(=O)C32)c1. The summed E-state index contributed by atoms with van der Waals surface area (Å²) in [6, 6.07) is 8.90. The average molecular weight is 373 g/mol. The maximum Gasteiger partial charge on any atom is 0.228 e. The van der Waals surface area contributed by atoms with E-state index in [4.69, 9.17) is 5.73 Å². The molecule has 1 aromatic rings.